The average Bonchev–Trinajstić information content (AvgIpc) is 2.46. The molecule has 0 aliphatic carbocycles. The molecular weight excluding hydrogens is 336 g/mol. The van der Waals surface area contributed by atoms with Crippen molar-refractivity contribution in [1.82, 2.24) is 0 Å². The van der Waals surface area contributed by atoms with E-state index in [0.717, 1.165) is 26.5 Å². The molecule has 0 saturated carbocycles. The summed E-state index contributed by atoms with van der Waals surface area (Å²) in [6.45, 7) is 0. The molecule has 5 heteroatoms. The van der Waals surface area contributed by atoms with E-state index in [1.54, 1.807) is 18.9 Å². The molecule has 102 valence electrons. The van der Waals surface area contributed by atoms with Crippen LogP contribution >= 0.6 is 27.7 Å². The second-order valence-corrected chi connectivity index (χ2v) is 5.76. The van der Waals surface area contributed by atoms with Crippen LogP contribution in [0.1, 0.15) is 5.56 Å². The van der Waals surface area contributed by atoms with E-state index < -0.39 is 0 Å². The highest BCUT2D eigenvalue weighted by molar-refractivity contribution is 9.10. The van der Waals surface area contributed by atoms with Gasteiger partial charge in [0.05, 0.1) is 18.4 Å². The number of nitrogens with one attached hydrogen (secondary N) is 1. The first kappa shape index (κ1) is 14.8. The third-order valence-electron chi connectivity index (χ3n) is 2.74. The number of methoxy groups -OCH3 is 1. The Morgan fingerprint density at radius 2 is 2.10 bits per heavy atom. The first-order valence-electron chi connectivity index (χ1n) is 5.86. The van der Waals surface area contributed by atoms with Crippen LogP contribution in [0.2, 0.25) is 0 Å². The molecule has 2 rings (SSSR count). The van der Waals surface area contributed by atoms with Crippen LogP contribution in [0.5, 0.6) is 5.75 Å². The largest absolute Gasteiger partial charge is 0.497 e. The Bertz CT molecular complexity index is 667. The van der Waals surface area contributed by atoms with Gasteiger partial charge in [0.25, 0.3) is 0 Å². The van der Waals surface area contributed by atoms with Gasteiger partial charge in [-0.15, -0.1) is 11.8 Å². The fourth-order valence-electron chi connectivity index (χ4n) is 1.83. The van der Waals surface area contributed by atoms with Gasteiger partial charge in [0.15, 0.2) is 0 Å². The van der Waals surface area contributed by atoms with E-state index in [2.05, 4.69) is 27.3 Å². The van der Waals surface area contributed by atoms with Gasteiger partial charge in [-0.1, -0.05) is 22.0 Å². The number of nitrogens with zero attached hydrogens (tertiary/aromatic N) is 1. The van der Waals surface area contributed by atoms with Crippen molar-refractivity contribution in [3.63, 3.8) is 0 Å². The molecule has 0 radical (unpaired) electrons. The average molecular weight is 349 g/mol. The summed E-state index contributed by atoms with van der Waals surface area (Å²) < 4.78 is 6.15. The van der Waals surface area contributed by atoms with E-state index in [9.17, 15) is 5.26 Å². The Morgan fingerprint density at radius 1 is 1.30 bits per heavy atom. The highest BCUT2D eigenvalue weighted by atomic mass is 79.9. The van der Waals surface area contributed by atoms with E-state index in [-0.39, 0.29) is 0 Å². The zero-order valence-electron chi connectivity index (χ0n) is 11.1. The van der Waals surface area contributed by atoms with Gasteiger partial charge in [0.2, 0.25) is 0 Å². The lowest BCUT2D eigenvalue weighted by molar-refractivity contribution is 0.415. The second kappa shape index (κ2) is 6.69. The highest BCUT2D eigenvalue weighted by Gasteiger charge is 2.08. The smallest absolute Gasteiger partial charge is 0.122 e. The predicted octanol–water partition coefficient (Wildman–Crippen LogP) is 4.79. The predicted molar refractivity (Wildman–Crippen MR) is 86.9 cm³/mol. The van der Waals surface area contributed by atoms with Gasteiger partial charge < -0.3 is 10.1 Å². The van der Waals surface area contributed by atoms with E-state index in [4.69, 9.17) is 4.74 Å². The maximum atomic E-state index is 9.33. The normalized spacial score (nSPS) is 9.90. The Morgan fingerprint density at radius 3 is 2.75 bits per heavy atom. The van der Waals surface area contributed by atoms with E-state index in [0.29, 0.717) is 5.56 Å². The summed E-state index contributed by atoms with van der Waals surface area (Å²) in [4.78, 5) is 0.958. The molecule has 0 aromatic heterocycles. The molecular formula is C15H13BrN2OS. The van der Waals surface area contributed by atoms with E-state index in [1.165, 1.54) is 0 Å². The highest BCUT2D eigenvalue weighted by Crippen LogP contribution is 2.31. The first-order valence-corrected chi connectivity index (χ1v) is 7.88. The van der Waals surface area contributed by atoms with E-state index in [1.807, 2.05) is 42.7 Å². The van der Waals surface area contributed by atoms with Crippen LogP contribution in [-0.2, 0) is 0 Å². The van der Waals surface area contributed by atoms with Crippen molar-refractivity contribution in [3.8, 4) is 11.8 Å². The van der Waals surface area contributed by atoms with E-state index >= 15 is 0 Å². The van der Waals surface area contributed by atoms with Gasteiger partial charge in [-0.2, -0.15) is 5.26 Å². The minimum absolute atomic E-state index is 0.652. The number of hydrogen-bond donors (Lipinski definition) is 1. The molecule has 2 aromatic carbocycles. The standard InChI is InChI=1S/C15H13BrN2OS/c1-19-12-7-10(16)6-11(8-12)18-14-4-3-5-15(20-2)13(14)9-17/h3-8,18H,1-2H3. The third-order valence-corrected chi connectivity index (χ3v) is 3.98. The molecule has 3 nitrogen and oxygen atoms in total. The lowest BCUT2D eigenvalue weighted by Crippen LogP contribution is -1.96. The quantitative estimate of drug-likeness (QED) is 0.806. The Labute approximate surface area is 131 Å². The second-order valence-electron chi connectivity index (χ2n) is 4.00. The van der Waals surface area contributed by atoms with Crippen LogP contribution in [0, 0.1) is 11.3 Å². The molecule has 0 atom stereocenters. The maximum Gasteiger partial charge on any atom is 0.122 e. The zero-order chi connectivity index (χ0) is 14.5. The molecule has 0 bridgehead atoms. The molecule has 20 heavy (non-hydrogen) atoms. The number of anilines is 2. The number of hydrogen-bond acceptors (Lipinski definition) is 4. The number of benzene rings is 2. The van der Waals surface area contributed by atoms with Gasteiger partial charge in [-0.05, 0) is 30.5 Å². The van der Waals surface area contributed by atoms with Gasteiger partial charge in [-0.25, -0.2) is 0 Å². The molecule has 0 amide bonds. The van der Waals surface area contributed by atoms with Crippen LogP contribution in [0.3, 0.4) is 0 Å². The van der Waals surface area contributed by atoms with Crippen molar-refractivity contribution in [2.24, 2.45) is 0 Å². The van der Waals surface area contributed by atoms with Crippen molar-refractivity contribution in [2.75, 3.05) is 18.7 Å². The molecule has 0 unspecified atom stereocenters. The van der Waals surface area contributed by atoms with Gasteiger partial charge >= 0.3 is 0 Å². The molecule has 2 aromatic rings. The molecule has 0 aliphatic heterocycles. The maximum absolute atomic E-state index is 9.33. The summed E-state index contributed by atoms with van der Waals surface area (Å²) in [6, 6.07) is 13.7. The molecule has 0 heterocycles. The summed E-state index contributed by atoms with van der Waals surface area (Å²) in [5.41, 5.74) is 2.31. The van der Waals surface area contributed by atoms with Crippen molar-refractivity contribution in [1.29, 1.82) is 5.26 Å². The molecule has 1 N–H and O–H groups in total. The number of ether oxygens (including phenoxy) is 1. The monoisotopic (exact) mass is 348 g/mol. The Hall–Kier alpha value is -1.64. The van der Waals surface area contributed by atoms with Crippen molar-refractivity contribution >= 4 is 39.1 Å². The fourth-order valence-corrected chi connectivity index (χ4v) is 2.88. The van der Waals surface area contributed by atoms with Crippen LogP contribution in [0.25, 0.3) is 0 Å². The minimum atomic E-state index is 0.652. The van der Waals surface area contributed by atoms with Crippen LogP contribution < -0.4 is 10.1 Å². The van der Waals surface area contributed by atoms with Crippen molar-refractivity contribution in [3.05, 3.63) is 46.4 Å². The lowest BCUT2D eigenvalue weighted by Gasteiger charge is -2.12. The summed E-state index contributed by atoms with van der Waals surface area (Å²) in [5, 5.41) is 12.6. The minimum Gasteiger partial charge on any atom is -0.497 e. The number of nitriles is 1. The molecule has 0 spiro atoms. The van der Waals surface area contributed by atoms with Crippen molar-refractivity contribution in [2.45, 2.75) is 4.90 Å². The molecule has 0 saturated heterocycles. The zero-order valence-corrected chi connectivity index (χ0v) is 13.5. The summed E-state index contributed by atoms with van der Waals surface area (Å²) in [6.07, 6.45) is 1.96. The van der Waals surface area contributed by atoms with Crippen LogP contribution in [-0.4, -0.2) is 13.4 Å². The number of rotatable bonds is 4. The Balaban J connectivity index is 2.40. The van der Waals surface area contributed by atoms with Gasteiger partial charge in [0, 0.05) is 21.1 Å². The lowest BCUT2D eigenvalue weighted by atomic mass is 10.2. The number of halogens is 1. The van der Waals surface area contributed by atoms with Crippen LogP contribution in [0.15, 0.2) is 45.8 Å². The van der Waals surface area contributed by atoms with Gasteiger partial charge in [-0.3, -0.25) is 0 Å². The third kappa shape index (κ3) is 3.27. The molecule has 0 fully saturated rings. The van der Waals surface area contributed by atoms with Crippen molar-refractivity contribution < 1.29 is 4.74 Å². The van der Waals surface area contributed by atoms with Crippen LogP contribution in [0.4, 0.5) is 11.4 Å². The summed E-state index contributed by atoms with van der Waals surface area (Å²) >= 11 is 5.00. The Kier molecular flexibility index (Phi) is 4.94. The number of thioether (sulfide) groups is 1. The SMILES string of the molecule is COc1cc(Br)cc(Nc2cccc(SC)c2C#N)c1. The first-order chi connectivity index (χ1) is 9.67. The molecule has 0 aliphatic rings. The topological polar surface area (TPSA) is 45.0 Å². The van der Waals surface area contributed by atoms with Gasteiger partial charge in [0.1, 0.15) is 11.8 Å². The summed E-state index contributed by atoms with van der Waals surface area (Å²) in [7, 11) is 1.63. The summed E-state index contributed by atoms with van der Waals surface area (Å²) in [5.74, 6) is 0.751. The fraction of sp³-hybridized carbons (Fsp3) is 0.133.